The van der Waals surface area contributed by atoms with Crippen LogP contribution in [-0.2, 0) is 9.59 Å². The van der Waals surface area contributed by atoms with Gasteiger partial charge in [0.25, 0.3) is 5.91 Å². The lowest BCUT2D eigenvalue weighted by atomic mass is 10.2. The van der Waals surface area contributed by atoms with Crippen LogP contribution in [0.15, 0.2) is 41.0 Å². The van der Waals surface area contributed by atoms with Gasteiger partial charge < -0.3 is 20.0 Å². The first-order valence-corrected chi connectivity index (χ1v) is 10.1. The zero-order chi connectivity index (χ0) is 20.8. The number of anilines is 1. The molecule has 0 saturated heterocycles. The summed E-state index contributed by atoms with van der Waals surface area (Å²) in [7, 11) is 0. The molecular formula is C20H21Cl2N3O4. The molecule has 29 heavy (non-hydrogen) atoms. The lowest BCUT2D eigenvalue weighted by Crippen LogP contribution is -2.47. The van der Waals surface area contributed by atoms with Gasteiger partial charge in [-0.2, -0.15) is 0 Å². The first-order chi connectivity index (χ1) is 13.9. The highest BCUT2D eigenvalue weighted by Gasteiger charge is 2.23. The normalized spacial score (nSPS) is 13.9. The summed E-state index contributed by atoms with van der Waals surface area (Å²) < 4.78 is 5.01. The molecule has 1 heterocycles. The fourth-order valence-corrected chi connectivity index (χ4v) is 3.50. The molecule has 0 atom stereocenters. The molecule has 3 amide bonds. The molecule has 1 fully saturated rings. The van der Waals surface area contributed by atoms with Crippen molar-refractivity contribution in [1.29, 1.82) is 0 Å². The number of halogens is 2. The number of furan rings is 1. The highest BCUT2D eigenvalue weighted by Crippen LogP contribution is 2.27. The highest BCUT2D eigenvalue weighted by molar-refractivity contribution is 6.42. The largest absolute Gasteiger partial charge is 0.459 e. The molecular weight excluding hydrogens is 417 g/mol. The van der Waals surface area contributed by atoms with Crippen LogP contribution in [0.5, 0.6) is 0 Å². The van der Waals surface area contributed by atoms with E-state index in [9.17, 15) is 14.4 Å². The van der Waals surface area contributed by atoms with Crippen LogP contribution < -0.4 is 15.5 Å². The third kappa shape index (κ3) is 5.74. The van der Waals surface area contributed by atoms with E-state index in [1.165, 1.54) is 23.3 Å². The smallest absolute Gasteiger partial charge is 0.287 e. The van der Waals surface area contributed by atoms with Gasteiger partial charge in [-0.15, -0.1) is 0 Å². The van der Waals surface area contributed by atoms with E-state index in [4.69, 9.17) is 27.6 Å². The second-order valence-corrected chi connectivity index (χ2v) is 7.60. The Morgan fingerprint density at radius 2 is 1.86 bits per heavy atom. The maximum Gasteiger partial charge on any atom is 0.287 e. The van der Waals surface area contributed by atoms with Crippen molar-refractivity contribution in [3.8, 4) is 0 Å². The monoisotopic (exact) mass is 437 g/mol. The van der Waals surface area contributed by atoms with Crippen LogP contribution in [0.25, 0.3) is 0 Å². The summed E-state index contributed by atoms with van der Waals surface area (Å²) in [6.45, 7) is -0.500. The van der Waals surface area contributed by atoms with E-state index < -0.39 is 11.8 Å². The number of hydrogen-bond donors (Lipinski definition) is 2. The molecule has 2 aromatic rings. The summed E-state index contributed by atoms with van der Waals surface area (Å²) in [5.74, 6) is -1.16. The van der Waals surface area contributed by atoms with Crippen molar-refractivity contribution in [1.82, 2.24) is 10.6 Å². The van der Waals surface area contributed by atoms with Crippen molar-refractivity contribution in [2.45, 2.75) is 31.7 Å². The van der Waals surface area contributed by atoms with Crippen molar-refractivity contribution in [2.75, 3.05) is 18.0 Å². The van der Waals surface area contributed by atoms with Crippen LogP contribution in [0.1, 0.15) is 36.2 Å². The van der Waals surface area contributed by atoms with E-state index in [2.05, 4.69) is 10.6 Å². The van der Waals surface area contributed by atoms with Crippen LogP contribution in [0.4, 0.5) is 5.69 Å². The Labute approximate surface area is 178 Å². The number of carbonyl (C=O) groups is 3. The summed E-state index contributed by atoms with van der Waals surface area (Å²) in [5.41, 5.74) is 0.415. The van der Waals surface area contributed by atoms with Gasteiger partial charge in [0, 0.05) is 11.7 Å². The number of nitrogens with zero attached hydrogens (tertiary/aromatic N) is 1. The summed E-state index contributed by atoms with van der Waals surface area (Å²) >= 11 is 12.0. The first-order valence-electron chi connectivity index (χ1n) is 9.30. The zero-order valence-corrected chi connectivity index (χ0v) is 17.1. The van der Waals surface area contributed by atoms with Crippen LogP contribution >= 0.6 is 23.2 Å². The van der Waals surface area contributed by atoms with Gasteiger partial charge >= 0.3 is 0 Å². The van der Waals surface area contributed by atoms with Gasteiger partial charge in [0.2, 0.25) is 11.8 Å². The molecule has 154 valence electrons. The second kappa shape index (κ2) is 9.80. The number of carbonyl (C=O) groups excluding carboxylic acids is 3. The number of amides is 3. The molecule has 9 heteroatoms. The molecule has 0 spiro atoms. The number of hydrogen-bond acceptors (Lipinski definition) is 4. The zero-order valence-electron chi connectivity index (χ0n) is 15.6. The molecule has 7 nitrogen and oxygen atoms in total. The van der Waals surface area contributed by atoms with Gasteiger partial charge in [0.05, 0.1) is 22.9 Å². The topological polar surface area (TPSA) is 91.7 Å². The average molecular weight is 438 g/mol. The average Bonchev–Trinajstić information content (AvgIpc) is 3.40. The van der Waals surface area contributed by atoms with E-state index in [1.54, 1.807) is 18.2 Å². The Hall–Kier alpha value is -2.51. The Bertz CT molecular complexity index is 880. The maximum absolute atomic E-state index is 12.8. The van der Waals surface area contributed by atoms with Gasteiger partial charge in [0.15, 0.2) is 5.76 Å². The Morgan fingerprint density at radius 3 is 2.52 bits per heavy atom. The lowest BCUT2D eigenvalue weighted by Gasteiger charge is -2.24. The quantitative estimate of drug-likeness (QED) is 0.693. The van der Waals surface area contributed by atoms with Crippen LogP contribution in [0, 0.1) is 0 Å². The third-order valence-corrected chi connectivity index (χ3v) is 5.42. The summed E-state index contributed by atoms with van der Waals surface area (Å²) in [4.78, 5) is 38.6. The second-order valence-electron chi connectivity index (χ2n) is 6.79. The molecule has 1 aliphatic carbocycles. The van der Waals surface area contributed by atoms with E-state index in [1.807, 2.05) is 0 Å². The summed E-state index contributed by atoms with van der Waals surface area (Å²) in [5, 5.41) is 6.04. The Morgan fingerprint density at radius 1 is 1.10 bits per heavy atom. The van der Waals surface area contributed by atoms with E-state index >= 15 is 0 Å². The number of nitrogens with one attached hydrogen (secondary N) is 2. The number of benzene rings is 1. The van der Waals surface area contributed by atoms with Gasteiger partial charge in [-0.3, -0.25) is 14.4 Å². The molecule has 1 aromatic heterocycles. The van der Waals surface area contributed by atoms with Gasteiger partial charge in [0.1, 0.15) is 6.54 Å². The first kappa shape index (κ1) is 21.2. The number of rotatable bonds is 7. The molecule has 1 saturated carbocycles. The minimum atomic E-state index is -0.521. The van der Waals surface area contributed by atoms with Crippen molar-refractivity contribution in [2.24, 2.45) is 0 Å². The molecule has 3 rings (SSSR count). The fraction of sp³-hybridized carbons (Fsp3) is 0.350. The Kier molecular flexibility index (Phi) is 7.17. The van der Waals surface area contributed by atoms with E-state index in [0.717, 1.165) is 25.7 Å². The molecule has 1 aromatic carbocycles. The Balaban J connectivity index is 1.70. The fourth-order valence-electron chi connectivity index (χ4n) is 3.21. The third-order valence-electron chi connectivity index (χ3n) is 4.68. The minimum absolute atomic E-state index is 0.0952. The minimum Gasteiger partial charge on any atom is -0.459 e. The van der Waals surface area contributed by atoms with Gasteiger partial charge in [-0.05, 0) is 43.2 Å². The predicted octanol–water partition coefficient (Wildman–Crippen LogP) is 3.41. The standard InChI is InChI=1S/C20H21Cl2N3O4/c21-15-8-7-14(10-16(15)22)25(12-18(26)24-13-4-1-2-5-13)19(27)11-23-20(28)17-6-3-9-29-17/h3,6-10,13H,1-2,4-5,11-12H2,(H,23,28)(H,24,26). The van der Waals surface area contributed by atoms with Gasteiger partial charge in [-0.25, -0.2) is 0 Å². The van der Waals surface area contributed by atoms with Gasteiger partial charge in [-0.1, -0.05) is 36.0 Å². The predicted molar refractivity (Wildman–Crippen MR) is 110 cm³/mol. The molecule has 1 aliphatic rings. The molecule has 2 N–H and O–H groups in total. The maximum atomic E-state index is 12.8. The van der Waals surface area contributed by atoms with E-state index in [0.29, 0.717) is 10.7 Å². The van der Waals surface area contributed by atoms with Crippen LogP contribution in [0.2, 0.25) is 10.0 Å². The lowest BCUT2D eigenvalue weighted by molar-refractivity contribution is -0.123. The van der Waals surface area contributed by atoms with Crippen molar-refractivity contribution in [3.05, 3.63) is 52.4 Å². The molecule has 0 aliphatic heterocycles. The van der Waals surface area contributed by atoms with Crippen molar-refractivity contribution in [3.63, 3.8) is 0 Å². The molecule has 0 radical (unpaired) electrons. The SMILES string of the molecule is O=C(CN(C(=O)CNC(=O)c1ccco1)c1ccc(Cl)c(Cl)c1)NC1CCCC1. The van der Waals surface area contributed by atoms with Crippen LogP contribution in [0.3, 0.4) is 0 Å². The van der Waals surface area contributed by atoms with Crippen LogP contribution in [-0.4, -0.2) is 36.9 Å². The van der Waals surface area contributed by atoms with Crippen molar-refractivity contribution < 1.29 is 18.8 Å². The molecule has 0 bridgehead atoms. The summed E-state index contributed by atoms with van der Waals surface area (Å²) in [6, 6.07) is 7.86. The highest BCUT2D eigenvalue weighted by atomic mass is 35.5. The van der Waals surface area contributed by atoms with Crippen molar-refractivity contribution >= 4 is 46.6 Å². The summed E-state index contributed by atoms with van der Waals surface area (Å²) in [6.07, 6.45) is 5.40. The molecule has 0 unspecified atom stereocenters. The van der Waals surface area contributed by atoms with E-state index in [-0.39, 0.29) is 35.8 Å².